The Kier molecular flexibility index (Phi) is 6.70. The van der Waals surface area contributed by atoms with E-state index in [0.29, 0.717) is 5.57 Å². The average molecular weight is 213 g/mol. The smallest absolute Gasteiger partial charge is 0.407 e. The minimum Gasteiger partial charge on any atom is -0.460 e. The van der Waals surface area contributed by atoms with Gasteiger partial charge in [-0.05, 0) is 6.92 Å². The van der Waals surface area contributed by atoms with Gasteiger partial charge >= 0.3 is 12.1 Å². The molecule has 0 saturated heterocycles. The summed E-state index contributed by atoms with van der Waals surface area (Å²) in [5, 5.41) is 2.40. The van der Waals surface area contributed by atoms with Crippen LogP contribution in [0.4, 0.5) is 4.79 Å². The second-order valence-corrected chi connectivity index (χ2v) is 2.73. The first kappa shape index (κ1) is 13.2. The second kappa shape index (κ2) is 7.61. The minimum atomic E-state index is -0.568. The quantitative estimate of drug-likeness (QED) is 0.309. The molecule has 0 aromatic rings. The normalized spacial score (nSPS) is 8.87. The van der Waals surface area contributed by atoms with E-state index in [0.717, 1.165) is 0 Å². The minimum absolute atomic E-state index is 0.0921. The van der Waals surface area contributed by atoms with Gasteiger partial charge in [0.25, 0.3) is 0 Å². The number of esters is 1. The van der Waals surface area contributed by atoms with Crippen molar-refractivity contribution in [2.24, 2.45) is 0 Å². The summed E-state index contributed by atoms with van der Waals surface area (Å²) in [4.78, 5) is 21.7. The first-order valence-corrected chi connectivity index (χ1v) is 4.42. The number of amides is 1. The lowest BCUT2D eigenvalue weighted by Gasteiger charge is -2.06. The van der Waals surface area contributed by atoms with Crippen molar-refractivity contribution in [2.45, 2.75) is 6.92 Å². The lowest BCUT2D eigenvalue weighted by Crippen LogP contribution is -2.28. The lowest BCUT2D eigenvalue weighted by atomic mass is 10.4. The Labute approximate surface area is 88.7 Å². The Balaban J connectivity index is 3.46. The number of hydrogen-bond donors (Lipinski definition) is 1. The highest BCUT2D eigenvalue weighted by Gasteiger charge is 2.03. The fourth-order valence-electron chi connectivity index (χ4n) is 0.606. The average Bonchev–Trinajstić information content (AvgIpc) is 2.20. The Hall–Kier alpha value is -1.78. The molecule has 0 spiro atoms. The molecule has 0 aliphatic heterocycles. The van der Waals surface area contributed by atoms with Crippen molar-refractivity contribution >= 4 is 12.1 Å². The zero-order valence-electron chi connectivity index (χ0n) is 8.75. The van der Waals surface area contributed by atoms with Gasteiger partial charge in [-0.25, -0.2) is 9.59 Å². The second-order valence-electron chi connectivity index (χ2n) is 2.73. The van der Waals surface area contributed by atoms with E-state index in [-0.39, 0.29) is 19.8 Å². The molecule has 0 aromatic carbocycles. The topological polar surface area (TPSA) is 64.6 Å². The molecule has 5 heteroatoms. The molecule has 0 rings (SSSR count). The molecule has 0 aliphatic carbocycles. The summed E-state index contributed by atoms with van der Waals surface area (Å²) < 4.78 is 9.35. The number of carbonyl (C=O) groups is 2. The Bertz CT molecular complexity index is 260. The molecule has 0 heterocycles. The van der Waals surface area contributed by atoms with E-state index in [1.165, 1.54) is 6.08 Å². The van der Waals surface area contributed by atoms with Crippen molar-refractivity contribution in [1.82, 2.24) is 5.32 Å². The van der Waals surface area contributed by atoms with Crippen molar-refractivity contribution in [2.75, 3.05) is 19.8 Å². The number of rotatable bonds is 6. The maximum atomic E-state index is 10.9. The summed E-state index contributed by atoms with van der Waals surface area (Å²) in [6.07, 6.45) is 0.891. The van der Waals surface area contributed by atoms with Gasteiger partial charge in [-0.2, -0.15) is 0 Å². The SMILES string of the molecule is C=CCOC(=O)NCCOC(=O)C(=C)C. The largest absolute Gasteiger partial charge is 0.460 e. The molecule has 0 aliphatic rings. The molecule has 0 fully saturated rings. The molecule has 0 atom stereocenters. The van der Waals surface area contributed by atoms with Gasteiger partial charge in [0, 0.05) is 5.57 Å². The van der Waals surface area contributed by atoms with Crippen LogP contribution in [-0.2, 0) is 14.3 Å². The number of hydrogen-bond acceptors (Lipinski definition) is 4. The van der Waals surface area contributed by atoms with Crippen LogP contribution in [0.5, 0.6) is 0 Å². The van der Waals surface area contributed by atoms with E-state index in [4.69, 9.17) is 4.74 Å². The number of ether oxygens (including phenoxy) is 2. The fourth-order valence-corrected chi connectivity index (χ4v) is 0.606. The number of nitrogens with one attached hydrogen (secondary N) is 1. The fraction of sp³-hybridized carbons (Fsp3) is 0.400. The van der Waals surface area contributed by atoms with Crippen molar-refractivity contribution in [3.63, 3.8) is 0 Å². The number of carbonyl (C=O) groups excluding carboxylic acids is 2. The third-order valence-corrected chi connectivity index (χ3v) is 1.29. The van der Waals surface area contributed by atoms with Crippen LogP contribution < -0.4 is 5.32 Å². The maximum absolute atomic E-state index is 10.9. The molecule has 0 saturated carbocycles. The maximum Gasteiger partial charge on any atom is 0.407 e. The van der Waals surface area contributed by atoms with Gasteiger partial charge in [-0.15, -0.1) is 0 Å². The molecule has 1 amide bonds. The van der Waals surface area contributed by atoms with Gasteiger partial charge in [0.2, 0.25) is 0 Å². The first-order valence-electron chi connectivity index (χ1n) is 4.42. The molecule has 1 N–H and O–H groups in total. The van der Waals surface area contributed by atoms with Gasteiger partial charge < -0.3 is 14.8 Å². The van der Waals surface area contributed by atoms with Crippen LogP contribution in [-0.4, -0.2) is 31.8 Å². The van der Waals surface area contributed by atoms with Gasteiger partial charge in [0.1, 0.15) is 13.2 Å². The summed E-state index contributed by atoms with van der Waals surface area (Å²) in [5.74, 6) is -0.476. The summed E-state index contributed by atoms with van der Waals surface area (Å²) >= 11 is 0. The van der Waals surface area contributed by atoms with E-state index in [9.17, 15) is 9.59 Å². The van der Waals surface area contributed by atoms with Crippen LogP contribution in [0.1, 0.15) is 6.92 Å². The molecule has 15 heavy (non-hydrogen) atoms. The number of alkyl carbamates (subject to hydrolysis) is 1. The van der Waals surface area contributed by atoms with Crippen LogP contribution in [0, 0.1) is 0 Å². The van der Waals surface area contributed by atoms with E-state index in [1.54, 1.807) is 6.92 Å². The van der Waals surface area contributed by atoms with Crippen LogP contribution >= 0.6 is 0 Å². The van der Waals surface area contributed by atoms with Gasteiger partial charge in [0.05, 0.1) is 6.54 Å². The highest BCUT2D eigenvalue weighted by Crippen LogP contribution is 1.90. The van der Waals surface area contributed by atoms with Crippen LogP contribution in [0.2, 0.25) is 0 Å². The highest BCUT2D eigenvalue weighted by atomic mass is 16.6. The summed E-state index contributed by atoms with van der Waals surface area (Å²) in [7, 11) is 0. The first-order chi connectivity index (χ1) is 7.07. The standard InChI is InChI=1S/C10H15NO4/c1-4-6-15-10(13)11-5-7-14-9(12)8(2)3/h4H,1-2,5-7H2,3H3,(H,11,13). The van der Waals surface area contributed by atoms with E-state index in [1.807, 2.05) is 0 Å². The highest BCUT2D eigenvalue weighted by molar-refractivity contribution is 5.86. The van der Waals surface area contributed by atoms with E-state index < -0.39 is 12.1 Å². The predicted molar refractivity (Wildman–Crippen MR) is 55.3 cm³/mol. The molecular weight excluding hydrogens is 198 g/mol. The molecule has 0 radical (unpaired) electrons. The monoisotopic (exact) mass is 213 g/mol. The molecule has 0 bridgehead atoms. The van der Waals surface area contributed by atoms with Crippen molar-refractivity contribution < 1.29 is 19.1 Å². The summed E-state index contributed by atoms with van der Waals surface area (Å²) in [5.41, 5.74) is 0.323. The lowest BCUT2D eigenvalue weighted by molar-refractivity contribution is -0.138. The van der Waals surface area contributed by atoms with Crippen molar-refractivity contribution in [3.8, 4) is 0 Å². The third-order valence-electron chi connectivity index (χ3n) is 1.29. The van der Waals surface area contributed by atoms with Gasteiger partial charge in [0.15, 0.2) is 0 Å². The Morgan fingerprint density at radius 2 is 2.07 bits per heavy atom. The van der Waals surface area contributed by atoms with Crippen molar-refractivity contribution in [3.05, 3.63) is 24.8 Å². The summed E-state index contributed by atoms with van der Waals surface area (Å²) in [6, 6.07) is 0. The van der Waals surface area contributed by atoms with Crippen LogP contribution in [0.25, 0.3) is 0 Å². The zero-order valence-corrected chi connectivity index (χ0v) is 8.75. The van der Waals surface area contributed by atoms with E-state index >= 15 is 0 Å². The predicted octanol–water partition coefficient (Wildman–Crippen LogP) is 1.02. The van der Waals surface area contributed by atoms with Gasteiger partial charge in [-0.1, -0.05) is 19.2 Å². The summed E-state index contributed by atoms with van der Waals surface area (Å²) in [6.45, 7) is 8.79. The Morgan fingerprint density at radius 3 is 2.60 bits per heavy atom. The molecule has 0 unspecified atom stereocenters. The third kappa shape index (κ3) is 7.30. The molecule has 84 valence electrons. The molecular formula is C10H15NO4. The molecule has 5 nitrogen and oxygen atoms in total. The van der Waals surface area contributed by atoms with Crippen LogP contribution in [0.3, 0.4) is 0 Å². The van der Waals surface area contributed by atoms with E-state index in [2.05, 4.69) is 23.2 Å². The Morgan fingerprint density at radius 1 is 1.40 bits per heavy atom. The van der Waals surface area contributed by atoms with Gasteiger partial charge in [-0.3, -0.25) is 0 Å². The van der Waals surface area contributed by atoms with Crippen molar-refractivity contribution in [1.29, 1.82) is 0 Å². The van der Waals surface area contributed by atoms with Crippen LogP contribution in [0.15, 0.2) is 24.8 Å². The zero-order chi connectivity index (χ0) is 11.7. The molecule has 0 aromatic heterocycles.